The molecular weight excluding hydrogens is 620 g/mol. The Kier molecular flexibility index (Phi) is 9.12. The summed E-state index contributed by atoms with van der Waals surface area (Å²) in [5.41, 5.74) is 2.05. The van der Waals surface area contributed by atoms with Crippen molar-refractivity contribution in [2.24, 2.45) is 0 Å². The molecule has 0 fully saturated rings. The summed E-state index contributed by atoms with van der Waals surface area (Å²) in [7, 11) is 0. The van der Waals surface area contributed by atoms with Gasteiger partial charge >= 0.3 is 5.69 Å². The van der Waals surface area contributed by atoms with E-state index in [0.29, 0.717) is 10.6 Å². The molecule has 5 aromatic rings. The highest BCUT2D eigenvalue weighted by Gasteiger charge is 2.28. The van der Waals surface area contributed by atoms with E-state index in [0.717, 1.165) is 21.9 Å². The van der Waals surface area contributed by atoms with Crippen LogP contribution in [0.4, 0.5) is 5.69 Å². The van der Waals surface area contributed by atoms with Crippen molar-refractivity contribution in [3.63, 3.8) is 0 Å². The Balaban J connectivity index is 1.37. The minimum Gasteiger partial charge on any atom is -0.450 e. The standard InChI is InChI=1S/C36H29ClN4O6/c37-28-14-11-23(12-15-28)20-38-35(43)31-18-24-5-3-9-29(17-24)47-33-19-26(13-16-32(33)41(45)46)36(44)40(22-34(42)39-31)21-27-8-4-7-25-6-1-2-10-30(25)27/h1-17,19,31H,18,20-22H2,(H,38,43)(H,39,42). The van der Waals surface area contributed by atoms with E-state index in [2.05, 4.69) is 10.6 Å². The Morgan fingerprint density at radius 3 is 2.53 bits per heavy atom. The van der Waals surface area contributed by atoms with Crippen LogP contribution in [0.5, 0.6) is 11.5 Å². The van der Waals surface area contributed by atoms with Crippen molar-refractivity contribution in [3.05, 3.63) is 147 Å². The van der Waals surface area contributed by atoms with Gasteiger partial charge in [0.05, 0.1) is 4.92 Å². The van der Waals surface area contributed by atoms with Crippen molar-refractivity contribution in [1.29, 1.82) is 0 Å². The van der Waals surface area contributed by atoms with Crippen molar-refractivity contribution in [3.8, 4) is 11.5 Å². The fourth-order valence-electron chi connectivity index (χ4n) is 5.53. The van der Waals surface area contributed by atoms with E-state index in [-0.39, 0.29) is 48.8 Å². The number of carbonyl (C=O) groups excluding carboxylic acids is 3. The lowest BCUT2D eigenvalue weighted by atomic mass is 10.0. The van der Waals surface area contributed by atoms with Gasteiger partial charge in [-0.25, -0.2) is 0 Å². The minimum absolute atomic E-state index is 0.0628. The minimum atomic E-state index is -1.00. The number of halogens is 1. The molecular formula is C36H29ClN4O6. The molecule has 0 aliphatic carbocycles. The summed E-state index contributed by atoms with van der Waals surface area (Å²) in [5, 5.41) is 20.0. The third-order valence-corrected chi connectivity index (χ3v) is 8.12. The number of carbonyl (C=O) groups is 3. The number of amides is 3. The van der Waals surface area contributed by atoms with E-state index in [9.17, 15) is 24.5 Å². The summed E-state index contributed by atoms with van der Waals surface area (Å²) < 4.78 is 5.98. The first-order valence-corrected chi connectivity index (χ1v) is 15.2. The number of hydrogen-bond acceptors (Lipinski definition) is 6. The van der Waals surface area contributed by atoms with E-state index in [1.807, 2.05) is 42.5 Å². The number of nitro groups is 1. The average Bonchev–Trinajstić information content (AvgIpc) is 3.07. The zero-order valence-electron chi connectivity index (χ0n) is 25.0. The largest absolute Gasteiger partial charge is 0.450 e. The molecule has 2 N–H and O–H groups in total. The molecule has 11 heteroatoms. The molecule has 1 atom stereocenters. The van der Waals surface area contributed by atoms with Crippen LogP contribution < -0.4 is 15.4 Å². The molecule has 5 aromatic carbocycles. The van der Waals surface area contributed by atoms with E-state index in [4.69, 9.17) is 16.3 Å². The number of ether oxygens (including phenoxy) is 1. The lowest BCUT2D eigenvalue weighted by Crippen LogP contribution is -2.51. The fourth-order valence-corrected chi connectivity index (χ4v) is 5.66. The van der Waals surface area contributed by atoms with E-state index < -0.39 is 28.7 Å². The Bertz CT molecular complexity index is 1990. The summed E-state index contributed by atoms with van der Waals surface area (Å²) in [4.78, 5) is 53.9. The van der Waals surface area contributed by atoms with Gasteiger partial charge in [0.2, 0.25) is 17.6 Å². The highest BCUT2D eigenvalue weighted by molar-refractivity contribution is 6.30. The fraction of sp³-hybridized carbons (Fsp3) is 0.139. The molecule has 0 spiro atoms. The molecule has 10 nitrogen and oxygen atoms in total. The Hall–Kier alpha value is -5.74. The molecule has 4 bridgehead atoms. The van der Waals surface area contributed by atoms with Crippen LogP contribution in [0.2, 0.25) is 5.02 Å². The van der Waals surface area contributed by atoms with Crippen LogP contribution >= 0.6 is 11.6 Å². The highest BCUT2D eigenvalue weighted by Crippen LogP contribution is 2.33. The predicted octanol–water partition coefficient (Wildman–Crippen LogP) is 6.19. The number of nitrogens with zero attached hydrogens (tertiary/aromatic N) is 2. The molecule has 0 saturated heterocycles. The number of fused-ring (bicyclic) bond motifs is 5. The number of nitrogens with one attached hydrogen (secondary N) is 2. The van der Waals surface area contributed by atoms with Gasteiger partial charge in [-0.15, -0.1) is 0 Å². The number of hydrogen-bond donors (Lipinski definition) is 2. The summed E-state index contributed by atoms with van der Waals surface area (Å²) in [5.74, 6) is -1.37. The maximum Gasteiger partial charge on any atom is 0.311 e. The molecule has 6 rings (SSSR count). The SMILES string of the molecule is O=C1CN(Cc2cccc3ccccc23)C(=O)c2ccc([N+](=O)[O-])c(c2)Oc2cccc(c2)CC(C(=O)NCc2ccc(Cl)cc2)N1. The maximum atomic E-state index is 14.1. The van der Waals surface area contributed by atoms with Gasteiger partial charge < -0.3 is 20.3 Å². The van der Waals surface area contributed by atoms with Gasteiger partial charge in [-0.05, 0) is 57.8 Å². The third kappa shape index (κ3) is 7.40. The van der Waals surface area contributed by atoms with Crippen molar-refractivity contribution in [2.45, 2.75) is 25.6 Å². The molecule has 0 radical (unpaired) electrons. The Morgan fingerprint density at radius 2 is 1.72 bits per heavy atom. The number of benzene rings is 5. The van der Waals surface area contributed by atoms with Crippen molar-refractivity contribution in [2.75, 3.05) is 6.54 Å². The second-order valence-corrected chi connectivity index (χ2v) is 11.6. The third-order valence-electron chi connectivity index (χ3n) is 7.86. The number of rotatable bonds is 6. The van der Waals surface area contributed by atoms with E-state index >= 15 is 0 Å². The molecule has 1 aliphatic heterocycles. The van der Waals surface area contributed by atoms with Crippen LogP contribution in [-0.4, -0.2) is 40.1 Å². The molecule has 0 saturated carbocycles. The monoisotopic (exact) mass is 648 g/mol. The Morgan fingerprint density at radius 1 is 0.957 bits per heavy atom. The zero-order valence-corrected chi connectivity index (χ0v) is 25.8. The lowest BCUT2D eigenvalue weighted by molar-refractivity contribution is -0.385. The molecule has 0 aromatic heterocycles. The van der Waals surface area contributed by atoms with Crippen molar-refractivity contribution < 1.29 is 24.0 Å². The van der Waals surface area contributed by atoms with Crippen molar-refractivity contribution >= 4 is 45.8 Å². The molecule has 1 aliphatic rings. The lowest BCUT2D eigenvalue weighted by Gasteiger charge is -2.26. The van der Waals surface area contributed by atoms with Crippen LogP contribution in [0.1, 0.15) is 27.0 Å². The molecule has 1 unspecified atom stereocenters. The van der Waals surface area contributed by atoms with E-state index in [1.165, 1.54) is 23.1 Å². The van der Waals surface area contributed by atoms with Gasteiger partial charge in [-0.3, -0.25) is 24.5 Å². The maximum absolute atomic E-state index is 14.1. The highest BCUT2D eigenvalue weighted by atomic mass is 35.5. The number of nitro benzene ring substituents is 1. The molecule has 236 valence electrons. The van der Waals surface area contributed by atoms with E-state index in [1.54, 1.807) is 48.5 Å². The first-order chi connectivity index (χ1) is 22.7. The first kappa shape index (κ1) is 31.3. The molecule has 1 heterocycles. The topological polar surface area (TPSA) is 131 Å². The van der Waals surface area contributed by atoms with Gasteiger partial charge in [0.15, 0.2) is 0 Å². The van der Waals surface area contributed by atoms with Gasteiger partial charge in [-0.1, -0.05) is 78.3 Å². The van der Waals surface area contributed by atoms with Crippen LogP contribution in [-0.2, 0) is 29.1 Å². The normalized spacial score (nSPS) is 14.9. The summed E-state index contributed by atoms with van der Waals surface area (Å²) in [6.45, 7) is -0.112. The summed E-state index contributed by atoms with van der Waals surface area (Å²) in [6.07, 6.45) is 0.0921. The molecule has 47 heavy (non-hydrogen) atoms. The van der Waals surface area contributed by atoms with Gasteiger partial charge in [0.25, 0.3) is 5.91 Å². The van der Waals surface area contributed by atoms with Crippen molar-refractivity contribution in [1.82, 2.24) is 15.5 Å². The van der Waals surface area contributed by atoms with Crippen LogP contribution in [0.3, 0.4) is 0 Å². The predicted molar refractivity (Wildman–Crippen MR) is 177 cm³/mol. The van der Waals surface area contributed by atoms with Gasteiger partial charge in [0, 0.05) is 42.2 Å². The first-order valence-electron chi connectivity index (χ1n) is 14.9. The van der Waals surface area contributed by atoms with Gasteiger partial charge in [-0.2, -0.15) is 0 Å². The van der Waals surface area contributed by atoms with Crippen LogP contribution in [0.25, 0.3) is 10.8 Å². The smallest absolute Gasteiger partial charge is 0.311 e. The van der Waals surface area contributed by atoms with Crippen LogP contribution in [0.15, 0.2) is 109 Å². The average molecular weight is 649 g/mol. The summed E-state index contributed by atoms with van der Waals surface area (Å²) >= 11 is 5.99. The Labute approximate surface area is 275 Å². The quantitative estimate of drug-likeness (QED) is 0.167. The summed E-state index contributed by atoms with van der Waals surface area (Å²) in [6, 6.07) is 30.0. The van der Waals surface area contributed by atoms with Crippen LogP contribution in [0, 0.1) is 10.1 Å². The second-order valence-electron chi connectivity index (χ2n) is 11.2. The van der Waals surface area contributed by atoms with Gasteiger partial charge in [0.1, 0.15) is 18.3 Å². The second kappa shape index (κ2) is 13.7. The zero-order chi connectivity index (χ0) is 32.9. The molecule has 3 amide bonds.